The second-order valence-corrected chi connectivity index (χ2v) is 9.70. The van der Waals surface area contributed by atoms with Gasteiger partial charge in [0.15, 0.2) is 0 Å². The summed E-state index contributed by atoms with van der Waals surface area (Å²) in [6, 6.07) is 13.5. The minimum Gasteiger partial charge on any atom is -0.343 e. The van der Waals surface area contributed by atoms with Crippen molar-refractivity contribution < 1.29 is 4.79 Å². The molecule has 3 aromatic rings. The lowest BCUT2D eigenvalue weighted by molar-refractivity contribution is 0.0821. The Kier molecular flexibility index (Phi) is 4.99. The highest BCUT2D eigenvalue weighted by atomic mass is 32.1. The van der Waals surface area contributed by atoms with Gasteiger partial charge >= 0.3 is 0 Å². The van der Waals surface area contributed by atoms with Crippen molar-refractivity contribution in [2.75, 3.05) is 14.1 Å². The van der Waals surface area contributed by atoms with Gasteiger partial charge in [-0.15, -0.1) is 11.3 Å². The van der Waals surface area contributed by atoms with E-state index in [1.54, 1.807) is 4.90 Å². The van der Waals surface area contributed by atoms with E-state index < -0.39 is 0 Å². The van der Waals surface area contributed by atoms with Crippen molar-refractivity contribution in [3.8, 4) is 11.4 Å². The molecule has 2 aromatic heterocycles. The first-order valence-electron chi connectivity index (χ1n) is 10.7. The number of hydrogen-bond donors (Lipinski definition) is 0. The third-order valence-electron chi connectivity index (χ3n) is 6.60. The third kappa shape index (κ3) is 3.28. The van der Waals surface area contributed by atoms with Crippen LogP contribution in [0.1, 0.15) is 39.5 Å². The molecule has 0 unspecified atom stereocenters. The number of aryl methyl sites for hydroxylation is 1. The largest absolute Gasteiger partial charge is 0.343 e. The van der Waals surface area contributed by atoms with Gasteiger partial charge in [-0.3, -0.25) is 9.69 Å². The summed E-state index contributed by atoms with van der Waals surface area (Å²) in [5.74, 6) is 0.926. The maximum Gasteiger partial charge on any atom is 0.273 e. The highest BCUT2D eigenvalue weighted by molar-refractivity contribution is 7.10. The Bertz CT molecular complexity index is 1070. The molecule has 30 heavy (non-hydrogen) atoms. The van der Waals surface area contributed by atoms with Crippen molar-refractivity contribution in [3.63, 3.8) is 0 Å². The molecule has 2 aliphatic rings. The number of hydrogen-bond acceptors (Lipinski definition) is 4. The predicted octanol–water partition coefficient (Wildman–Crippen LogP) is 4.21. The highest BCUT2D eigenvalue weighted by Crippen LogP contribution is 2.37. The maximum atomic E-state index is 13.0. The van der Waals surface area contributed by atoms with E-state index in [-0.39, 0.29) is 5.91 Å². The molecule has 1 aromatic carbocycles. The van der Waals surface area contributed by atoms with Gasteiger partial charge in [0.1, 0.15) is 11.5 Å². The SMILES string of the molecule is Cc1ccsc1CN1[C@@H]2CC[C@H]1Cc1c(C(=O)N(C)C)nc(-c3ccccc3)n1C2. The van der Waals surface area contributed by atoms with Crippen molar-refractivity contribution in [3.05, 3.63) is 63.6 Å². The summed E-state index contributed by atoms with van der Waals surface area (Å²) in [5, 5.41) is 2.19. The molecule has 0 N–H and O–H groups in total. The summed E-state index contributed by atoms with van der Waals surface area (Å²) in [5.41, 5.74) is 4.19. The molecule has 0 spiro atoms. The lowest BCUT2D eigenvalue weighted by Crippen LogP contribution is -2.36. The van der Waals surface area contributed by atoms with E-state index in [4.69, 9.17) is 4.98 Å². The number of aromatic nitrogens is 2. The van der Waals surface area contributed by atoms with E-state index in [1.807, 2.05) is 43.6 Å². The van der Waals surface area contributed by atoms with E-state index in [9.17, 15) is 4.79 Å². The fraction of sp³-hybridized carbons (Fsp3) is 0.417. The number of nitrogens with zero attached hydrogens (tertiary/aromatic N) is 4. The van der Waals surface area contributed by atoms with Gasteiger partial charge in [0.05, 0.1) is 5.69 Å². The van der Waals surface area contributed by atoms with Gasteiger partial charge in [0, 0.05) is 56.1 Å². The molecule has 5 nitrogen and oxygen atoms in total. The molecule has 2 atom stereocenters. The Morgan fingerprint density at radius 2 is 1.93 bits per heavy atom. The van der Waals surface area contributed by atoms with E-state index in [0.29, 0.717) is 17.8 Å². The van der Waals surface area contributed by atoms with Gasteiger partial charge in [0.25, 0.3) is 5.91 Å². The summed E-state index contributed by atoms with van der Waals surface area (Å²) in [7, 11) is 3.62. The quantitative estimate of drug-likeness (QED) is 0.635. The normalized spacial score (nSPS) is 20.8. The van der Waals surface area contributed by atoms with Crippen molar-refractivity contribution >= 4 is 17.2 Å². The van der Waals surface area contributed by atoms with Gasteiger partial charge in [-0.2, -0.15) is 0 Å². The van der Waals surface area contributed by atoms with E-state index >= 15 is 0 Å². The maximum absolute atomic E-state index is 13.0. The topological polar surface area (TPSA) is 41.4 Å². The van der Waals surface area contributed by atoms with E-state index in [1.165, 1.54) is 23.3 Å². The lowest BCUT2D eigenvalue weighted by Gasteiger charge is -2.27. The van der Waals surface area contributed by atoms with Crippen LogP contribution in [0.25, 0.3) is 11.4 Å². The first-order valence-corrected chi connectivity index (χ1v) is 11.6. The van der Waals surface area contributed by atoms with Crippen LogP contribution in [-0.4, -0.2) is 51.4 Å². The number of carbonyl (C=O) groups excluding carboxylic acids is 1. The van der Waals surface area contributed by atoms with Crippen molar-refractivity contribution in [1.82, 2.24) is 19.4 Å². The molecule has 4 heterocycles. The van der Waals surface area contributed by atoms with E-state index in [2.05, 4.69) is 40.0 Å². The molecular weight excluding hydrogens is 392 g/mol. The molecule has 0 radical (unpaired) electrons. The van der Waals surface area contributed by atoms with Gasteiger partial charge in [0.2, 0.25) is 0 Å². The average Bonchev–Trinajstić information content (AvgIpc) is 3.38. The molecule has 0 saturated carbocycles. The molecule has 156 valence electrons. The van der Waals surface area contributed by atoms with Crippen molar-refractivity contribution in [2.24, 2.45) is 0 Å². The van der Waals surface area contributed by atoms with Gasteiger partial charge < -0.3 is 9.47 Å². The number of thiophene rings is 1. The van der Waals surface area contributed by atoms with Gasteiger partial charge in [-0.05, 0) is 36.8 Å². The van der Waals surface area contributed by atoms with Crippen LogP contribution in [0.5, 0.6) is 0 Å². The van der Waals surface area contributed by atoms with Crippen LogP contribution in [0.4, 0.5) is 0 Å². The second kappa shape index (κ2) is 7.67. The molecule has 2 aliphatic heterocycles. The Morgan fingerprint density at radius 1 is 1.17 bits per heavy atom. The highest BCUT2D eigenvalue weighted by Gasteiger charge is 2.40. The van der Waals surface area contributed by atoms with Gasteiger partial charge in [-0.25, -0.2) is 4.98 Å². The third-order valence-corrected chi connectivity index (χ3v) is 7.61. The number of imidazole rings is 1. The second-order valence-electron chi connectivity index (χ2n) is 8.70. The van der Waals surface area contributed by atoms with Crippen LogP contribution in [0.3, 0.4) is 0 Å². The fourth-order valence-corrected chi connectivity index (χ4v) is 5.85. The molecule has 5 rings (SSSR count). The number of benzene rings is 1. The summed E-state index contributed by atoms with van der Waals surface area (Å²) in [6.07, 6.45) is 3.28. The summed E-state index contributed by atoms with van der Waals surface area (Å²) >= 11 is 1.86. The molecule has 1 fully saturated rings. The Morgan fingerprint density at radius 3 is 2.63 bits per heavy atom. The van der Waals surface area contributed by atoms with Gasteiger partial charge in [-0.1, -0.05) is 30.3 Å². The van der Waals surface area contributed by atoms with Crippen LogP contribution in [0.2, 0.25) is 0 Å². The zero-order chi connectivity index (χ0) is 20.8. The number of carbonyl (C=O) groups is 1. The number of amides is 1. The first-order chi connectivity index (χ1) is 14.5. The summed E-state index contributed by atoms with van der Waals surface area (Å²) in [6.45, 7) is 4.11. The van der Waals surface area contributed by atoms with Crippen LogP contribution in [0.15, 0.2) is 41.8 Å². The number of rotatable bonds is 4. The van der Waals surface area contributed by atoms with Crippen molar-refractivity contribution in [2.45, 2.75) is 51.4 Å². The molecule has 2 bridgehead atoms. The Hall–Kier alpha value is -2.44. The number of fused-ring (bicyclic) bond motifs is 3. The predicted molar refractivity (Wildman–Crippen MR) is 121 cm³/mol. The molecule has 6 heteroatoms. The average molecular weight is 421 g/mol. The Labute approximate surface area is 182 Å². The zero-order valence-corrected chi connectivity index (χ0v) is 18.7. The minimum absolute atomic E-state index is 0.000596. The van der Waals surface area contributed by atoms with Crippen LogP contribution in [-0.2, 0) is 19.5 Å². The molecule has 1 amide bonds. The lowest BCUT2D eigenvalue weighted by atomic mass is 10.0. The van der Waals surface area contributed by atoms with Crippen molar-refractivity contribution in [1.29, 1.82) is 0 Å². The monoisotopic (exact) mass is 420 g/mol. The molecular formula is C24H28N4OS. The van der Waals surface area contributed by atoms with Crippen LogP contribution >= 0.6 is 11.3 Å². The summed E-state index contributed by atoms with van der Waals surface area (Å²) < 4.78 is 2.34. The Balaban J connectivity index is 1.57. The standard InChI is InChI=1S/C24H28N4OS/c1-16-11-12-30-21(16)15-27-18-9-10-19(27)14-28-20(13-18)22(24(29)26(2)3)25-23(28)17-7-5-4-6-8-17/h4-8,11-12,18-19H,9-10,13-15H2,1-3H3/t18-,19+/m0/s1. The van der Waals surface area contributed by atoms with Crippen LogP contribution < -0.4 is 0 Å². The first kappa shape index (κ1) is 19.5. The fourth-order valence-electron chi connectivity index (χ4n) is 4.93. The van der Waals surface area contributed by atoms with E-state index in [0.717, 1.165) is 36.6 Å². The molecule has 0 aliphatic carbocycles. The smallest absolute Gasteiger partial charge is 0.273 e. The zero-order valence-electron chi connectivity index (χ0n) is 17.8. The minimum atomic E-state index is -0.000596. The molecule has 1 saturated heterocycles. The van der Waals surface area contributed by atoms with Crippen LogP contribution in [0, 0.1) is 6.92 Å². The summed E-state index contributed by atoms with van der Waals surface area (Å²) in [4.78, 5) is 23.7.